The molecule has 24 heavy (non-hydrogen) atoms. The summed E-state index contributed by atoms with van der Waals surface area (Å²) in [5.41, 5.74) is 2.35. The van der Waals surface area contributed by atoms with Crippen LogP contribution in [0.15, 0.2) is 53.1 Å². The summed E-state index contributed by atoms with van der Waals surface area (Å²) in [6, 6.07) is 14.4. The number of hydrogen-bond acceptors (Lipinski definition) is 6. The first-order valence-electron chi connectivity index (χ1n) is 7.36. The third-order valence-electron chi connectivity index (χ3n) is 3.43. The first kappa shape index (κ1) is 15.7. The Morgan fingerprint density at radius 1 is 1.08 bits per heavy atom. The van der Waals surface area contributed by atoms with Crippen molar-refractivity contribution in [3.63, 3.8) is 0 Å². The van der Waals surface area contributed by atoms with Crippen LogP contribution in [0.5, 0.6) is 5.75 Å². The van der Waals surface area contributed by atoms with Crippen molar-refractivity contribution in [3.8, 4) is 17.1 Å². The van der Waals surface area contributed by atoms with E-state index in [1.54, 1.807) is 19.2 Å². The highest BCUT2D eigenvalue weighted by atomic mass is 16.6. The minimum absolute atomic E-state index is 0.0735. The number of carbonyl (C=O) groups is 1. The maximum Gasteiger partial charge on any atom is 0.338 e. The zero-order valence-electron chi connectivity index (χ0n) is 13.4. The van der Waals surface area contributed by atoms with Crippen molar-refractivity contribution in [2.45, 2.75) is 13.5 Å². The monoisotopic (exact) mass is 324 g/mol. The van der Waals surface area contributed by atoms with Crippen molar-refractivity contribution < 1.29 is 18.8 Å². The normalized spacial score (nSPS) is 10.4. The fraction of sp³-hybridized carbons (Fsp3) is 0.167. The molecule has 0 N–H and O–H groups in total. The minimum Gasteiger partial charge on any atom is -0.497 e. The van der Waals surface area contributed by atoms with Crippen LogP contribution in [0, 0.1) is 6.92 Å². The molecule has 0 aliphatic heterocycles. The SMILES string of the molecule is COc1ccc(-c2noc(COC(=O)c3ccc(C)cc3)n2)cc1. The molecular weight excluding hydrogens is 308 g/mol. The van der Waals surface area contributed by atoms with Gasteiger partial charge in [0.05, 0.1) is 12.7 Å². The molecule has 122 valence electrons. The maximum absolute atomic E-state index is 12.0. The van der Waals surface area contributed by atoms with E-state index in [2.05, 4.69) is 10.1 Å². The summed E-state index contributed by atoms with van der Waals surface area (Å²) >= 11 is 0. The second-order valence-electron chi connectivity index (χ2n) is 5.18. The van der Waals surface area contributed by atoms with Crippen LogP contribution in [0.25, 0.3) is 11.4 Å². The standard InChI is InChI=1S/C18H16N2O4/c1-12-3-5-14(6-4-12)18(21)23-11-16-19-17(20-24-16)13-7-9-15(22-2)10-8-13/h3-10H,11H2,1-2H3. The molecule has 0 atom stereocenters. The van der Waals surface area contributed by atoms with Crippen LogP contribution in [0.3, 0.4) is 0 Å². The van der Waals surface area contributed by atoms with E-state index < -0.39 is 5.97 Å². The number of hydrogen-bond donors (Lipinski definition) is 0. The van der Waals surface area contributed by atoms with E-state index in [4.69, 9.17) is 14.0 Å². The van der Waals surface area contributed by atoms with Crippen LogP contribution in [-0.2, 0) is 11.3 Å². The number of benzene rings is 2. The number of aryl methyl sites for hydroxylation is 1. The Bertz CT molecular complexity index is 823. The lowest BCUT2D eigenvalue weighted by atomic mass is 10.1. The van der Waals surface area contributed by atoms with Gasteiger partial charge in [0.25, 0.3) is 5.89 Å². The van der Waals surface area contributed by atoms with E-state index in [1.807, 2.05) is 43.3 Å². The fourth-order valence-electron chi connectivity index (χ4n) is 2.07. The van der Waals surface area contributed by atoms with Crippen molar-refractivity contribution >= 4 is 5.97 Å². The smallest absolute Gasteiger partial charge is 0.338 e. The number of aromatic nitrogens is 2. The zero-order valence-corrected chi connectivity index (χ0v) is 13.4. The molecule has 0 saturated heterocycles. The van der Waals surface area contributed by atoms with Gasteiger partial charge in [-0.05, 0) is 43.3 Å². The molecule has 0 fully saturated rings. The van der Waals surface area contributed by atoms with E-state index in [1.165, 1.54) is 0 Å². The van der Waals surface area contributed by atoms with Crippen molar-refractivity contribution in [2.75, 3.05) is 7.11 Å². The van der Waals surface area contributed by atoms with Gasteiger partial charge in [-0.15, -0.1) is 0 Å². The summed E-state index contributed by atoms with van der Waals surface area (Å²) in [6.07, 6.45) is 0. The molecule has 0 aliphatic rings. The quantitative estimate of drug-likeness (QED) is 0.670. The molecule has 1 heterocycles. The first-order chi connectivity index (χ1) is 11.7. The van der Waals surface area contributed by atoms with Crippen LogP contribution in [0.2, 0.25) is 0 Å². The van der Waals surface area contributed by atoms with E-state index in [0.29, 0.717) is 11.4 Å². The average molecular weight is 324 g/mol. The van der Waals surface area contributed by atoms with E-state index in [-0.39, 0.29) is 12.5 Å². The topological polar surface area (TPSA) is 74.5 Å². The van der Waals surface area contributed by atoms with Gasteiger partial charge in [0.15, 0.2) is 6.61 Å². The zero-order chi connectivity index (χ0) is 16.9. The summed E-state index contributed by atoms with van der Waals surface area (Å²) in [5.74, 6) is 0.981. The number of rotatable bonds is 5. The van der Waals surface area contributed by atoms with Gasteiger partial charge in [-0.2, -0.15) is 4.98 Å². The Balaban J connectivity index is 1.63. The summed E-state index contributed by atoms with van der Waals surface area (Å²) in [6.45, 7) is 1.88. The predicted molar refractivity (Wildman–Crippen MR) is 86.6 cm³/mol. The lowest BCUT2D eigenvalue weighted by Crippen LogP contribution is -2.05. The molecule has 0 unspecified atom stereocenters. The molecule has 3 aromatic rings. The molecule has 6 nitrogen and oxygen atoms in total. The molecule has 0 aliphatic carbocycles. The van der Waals surface area contributed by atoms with Crippen LogP contribution >= 0.6 is 0 Å². The van der Waals surface area contributed by atoms with Gasteiger partial charge in [-0.3, -0.25) is 0 Å². The fourth-order valence-corrected chi connectivity index (χ4v) is 2.07. The van der Waals surface area contributed by atoms with E-state index >= 15 is 0 Å². The Morgan fingerprint density at radius 2 is 1.79 bits per heavy atom. The first-order valence-corrected chi connectivity index (χ1v) is 7.36. The van der Waals surface area contributed by atoms with Gasteiger partial charge < -0.3 is 14.0 Å². The van der Waals surface area contributed by atoms with Gasteiger partial charge in [-0.1, -0.05) is 22.9 Å². The average Bonchev–Trinajstić information content (AvgIpc) is 3.09. The van der Waals surface area contributed by atoms with Crippen LogP contribution in [0.4, 0.5) is 0 Å². The number of esters is 1. The molecule has 0 bridgehead atoms. The minimum atomic E-state index is -0.431. The molecule has 0 spiro atoms. The molecule has 3 rings (SSSR count). The number of ether oxygens (including phenoxy) is 2. The van der Waals surface area contributed by atoms with Crippen molar-refractivity contribution in [3.05, 3.63) is 65.5 Å². The molecule has 2 aromatic carbocycles. The summed E-state index contributed by atoms with van der Waals surface area (Å²) in [5, 5.41) is 3.89. The second-order valence-corrected chi connectivity index (χ2v) is 5.18. The molecule has 6 heteroatoms. The summed E-state index contributed by atoms with van der Waals surface area (Å²) in [4.78, 5) is 16.2. The molecule has 0 amide bonds. The molecule has 0 saturated carbocycles. The summed E-state index contributed by atoms with van der Waals surface area (Å²) < 4.78 is 15.4. The van der Waals surface area contributed by atoms with Crippen LogP contribution in [-0.4, -0.2) is 23.2 Å². The lowest BCUT2D eigenvalue weighted by Gasteiger charge is -2.02. The highest BCUT2D eigenvalue weighted by molar-refractivity contribution is 5.89. The molecule has 1 aromatic heterocycles. The largest absolute Gasteiger partial charge is 0.497 e. The highest BCUT2D eigenvalue weighted by Gasteiger charge is 2.12. The summed E-state index contributed by atoms with van der Waals surface area (Å²) in [7, 11) is 1.60. The highest BCUT2D eigenvalue weighted by Crippen LogP contribution is 2.20. The number of nitrogens with zero attached hydrogens (tertiary/aromatic N) is 2. The van der Waals surface area contributed by atoms with E-state index in [0.717, 1.165) is 16.9 Å². The number of carbonyl (C=O) groups excluding carboxylic acids is 1. The van der Waals surface area contributed by atoms with Crippen molar-refractivity contribution in [1.82, 2.24) is 10.1 Å². The van der Waals surface area contributed by atoms with E-state index in [9.17, 15) is 4.79 Å². The Labute approximate surface area is 139 Å². The van der Waals surface area contributed by atoms with Gasteiger partial charge in [0.1, 0.15) is 5.75 Å². The van der Waals surface area contributed by atoms with Crippen LogP contribution < -0.4 is 4.74 Å². The lowest BCUT2D eigenvalue weighted by molar-refractivity contribution is 0.0430. The van der Waals surface area contributed by atoms with Crippen LogP contribution in [0.1, 0.15) is 21.8 Å². The van der Waals surface area contributed by atoms with Crippen molar-refractivity contribution in [2.24, 2.45) is 0 Å². The molecule has 0 radical (unpaired) electrons. The van der Waals surface area contributed by atoms with Gasteiger partial charge in [-0.25, -0.2) is 4.79 Å². The third kappa shape index (κ3) is 3.60. The van der Waals surface area contributed by atoms with Gasteiger partial charge in [0, 0.05) is 5.56 Å². The van der Waals surface area contributed by atoms with Gasteiger partial charge in [0.2, 0.25) is 5.82 Å². The number of methoxy groups -OCH3 is 1. The van der Waals surface area contributed by atoms with Gasteiger partial charge >= 0.3 is 5.97 Å². The second kappa shape index (κ2) is 6.95. The van der Waals surface area contributed by atoms with Crippen molar-refractivity contribution in [1.29, 1.82) is 0 Å². The molecular formula is C18H16N2O4. The maximum atomic E-state index is 12.0. The Morgan fingerprint density at radius 3 is 2.46 bits per heavy atom. The Kier molecular flexibility index (Phi) is 4.56. The third-order valence-corrected chi connectivity index (χ3v) is 3.43. The Hall–Kier alpha value is -3.15. The predicted octanol–water partition coefficient (Wildman–Crippen LogP) is 3.41.